The molecule has 0 aromatic carbocycles. The Bertz CT molecular complexity index is 466. The van der Waals surface area contributed by atoms with Gasteiger partial charge in [0.25, 0.3) is 0 Å². The van der Waals surface area contributed by atoms with Gasteiger partial charge < -0.3 is 4.74 Å². The molecule has 2 aromatic heterocycles. The maximum atomic E-state index is 5.25. The van der Waals surface area contributed by atoms with E-state index in [1.54, 1.807) is 13.3 Å². The van der Waals surface area contributed by atoms with Crippen LogP contribution in [0.15, 0.2) is 16.9 Å². The molecular formula is C9H10BrN3O. The second-order valence-corrected chi connectivity index (χ2v) is 3.71. The van der Waals surface area contributed by atoms with E-state index < -0.39 is 0 Å². The van der Waals surface area contributed by atoms with Crippen molar-refractivity contribution in [2.75, 3.05) is 7.11 Å². The molecule has 0 aliphatic rings. The number of pyridine rings is 1. The van der Waals surface area contributed by atoms with Crippen LogP contribution in [0.25, 0.3) is 11.0 Å². The fraction of sp³-hybridized carbons (Fsp3) is 0.333. The third kappa shape index (κ3) is 1.37. The van der Waals surface area contributed by atoms with Crippen LogP contribution in [0.1, 0.15) is 6.92 Å². The first kappa shape index (κ1) is 9.45. The summed E-state index contributed by atoms with van der Waals surface area (Å²) < 4.78 is 7.92. The molecule has 0 atom stereocenters. The molecule has 2 rings (SSSR count). The molecule has 0 saturated carbocycles. The van der Waals surface area contributed by atoms with Gasteiger partial charge in [-0.15, -0.1) is 0 Å². The van der Waals surface area contributed by atoms with Gasteiger partial charge in [0.2, 0.25) is 0 Å². The molecule has 5 heteroatoms. The van der Waals surface area contributed by atoms with Crippen molar-refractivity contribution < 1.29 is 4.74 Å². The number of fused-ring (bicyclic) bond motifs is 1. The smallest absolute Gasteiger partial charge is 0.164 e. The Kier molecular flexibility index (Phi) is 2.41. The third-order valence-electron chi connectivity index (χ3n) is 2.02. The lowest BCUT2D eigenvalue weighted by Gasteiger charge is -2.01. The molecule has 14 heavy (non-hydrogen) atoms. The standard InChI is InChI=1S/C9H10BrN3O/c1-3-13-5-7-8(12-13)9(14-2)6(10)4-11-7/h4-5H,3H2,1-2H3. The van der Waals surface area contributed by atoms with E-state index in [4.69, 9.17) is 4.74 Å². The lowest BCUT2D eigenvalue weighted by atomic mass is 10.3. The molecule has 4 nitrogen and oxygen atoms in total. The summed E-state index contributed by atoms with van der Waals surface area (Å²) in [5.74, 6) is 0.738. The maximum absolute atomic E-state index is 5.25. The number of aryl methyl sites for hydroxylation is 1. The van der Waals surface area contributed by atoms with Crippen LogP contribution >= 0.6 is 15.9 Å². The van der Waals surface area contributed by atoms with Crippen LogP contribution in [0.3, 0.4) is 0 Å². The summed E-state index contributed by atoms with van der Waals surface area (Å²) >= 11 is 3.37. The Morgan fingerprint density at radius 3 is 3.00 bits per heavy atom. The Hall–Kier alpha value is -1.10. The molecule has 0 bridgehead atoms. The van der Waals surface area contributed by atoms with Crippen molar-refractivity contribution in [3.63, 3.8) is 0 Å². The molecule has 0 aliphatic heterocycles. The highest BCUT2D eigenvalue weighted by Crippen LogP contribution is 2.30. The third-order valence-corrected chi connectivity index (χ3v) is 2.58. The quantitative estimate of drug-likeness (QED) is 0.827. The first-order chi connectivity index (χ1) is 6.76. The van der Waals surface area contributed by atoms with Gasteiger partial charge in [-0.3, -0.25) is 9.67 Å². The molecule has 0 amide bonds. The van der Waals surface area contributed by atoms with E-state index in [1.165, 1.54) is 0 Å². The zero-order valence-corrected chi connectivity index (χ0v) is 9.58. The van der Waals surface area contributed by atoms with Crippen LogP contribution < -0.4 is 4.74 Å². The average Bonchev–Trinajstić information content (AvgIpc) is 2.60. The van der Waals surface area contributed by atoms with Gasteiger partial charge in [0, 0.05) is 12.7 Å². The second-order valence-electron chi connectivity index (χ2n) is 2.86. The highest BCUT2D eigenvalue weighted by Gasteiger charge is 2.10. The van der Waals surface area contributed by atoms with E-state index in [0.717, 1.165) is 27.8 Å². The van der Waals surface area contributed by atoms with Crippen molar-refractivity contribution in [3.8, 4) is 5.75 Å². The summed E-state index contributed by atoms with van der Waals surface area (Å²) in [4.78, 5) is 4.25. The molecule has 0 radical (unpaired) electrons. The van der Waals surface area contributed by atoms with Gasteiger partial charge >= 0.3 is 0 Å². The van der Waals surface area contributed by atoms with Crippen LogP contribution in [0.4, 0.5) is 0 Å². The second kappa shape index (κ2) is 3.57. The summed E-state index contributed by atoms with van der Waals surface area (Å²) in [6, 6.07) is 0. The summed E-state index contributed by atoms with van der Waals surface area (Å²) in [7, 11) is 1.63. The van der Waals surface area contributed by atoms with Gasteiger partial charge in [-0.05, 0) is 22.9 Å². The largest absolute Gasteiger partial charge is 0.493 e. The van der Waals surface area contributed by atoms with Crippen LogP contribution in [-0.4, -0.2) is 21.9 Å². The van der Waals surface area contributed by atoms with Gasteiger partial charge in [0.05, 0.1) is 17.8 Å². The van der Waals surface area contributed by atoms with Crippen molar-refractivity contribution in [1.82, 2.24) is 14.8 Å². The predicted molar refractivity (Wildman–Crippen MR) is 57.5 cm³/mol. The minimum absolute atomic E-state index is 0.738. The fourth-order valence-electron chi connectivity index (χ4n) is 1.32. The van der Waals surface area contributed by atoms with Gasteiger partial charge in [-0.25, -0.2) is 0 Å². The highest BCUT2D eigenvalue weighted by atomic mass is 79.9. The van der Waals surface area contributed by atoms with Gasteiger partial charge in [-0.2, -0.15) is 5.10 Å². The minimum Gasteiger partial charge on any atom is -0.493 e. The Labute approximate surface area is 90.0 Å². The zero-order valence-electron chi connectivity index (χ0n) is 7.99. The Morgan fingerprint density at radius 2 is 2.36 bits per heavy atom. The van der Waals surface area contributed by atoms with E-state index in [1.807, 2.05) is 17.8 Å². The summed E-state index contributed by atoms with van der Waals surface area (Å²) in [5, 5.41) is 4.36. The molecule has 0 saturated heterocycles. The fourth-order valence-corrected chi connectivity index (χ4v) is 1.77. The van der Waals surface area contributed by atoms with Crippen molar-refractivity contribution in [1.29, 1.82) is 0 Å². The number of methoxy groups -OCH3 is 1. The first-order valence-corrected chi connectivity index (χ1v) is 5.11. The SMILES string of the molecule is CCn1cc2ncc(Br)c(OC)c2n1. The van der Waals surface area contributed by atoms with Crippen LogP contribution in [0.5, 0.6) is 5.75 Å². The number of rotatable bonds is 2. The van der Waals surface area contributed by atoms with Gasteiger partial charge in [0.15, 0.2) is 11.3 Å². The molecule has 0 N–H and O–H groups in total. The van der Waals surface area contributed by atoms with Crippen LogP contribution in [-0.2, 0) is 6.54 Å². The molecule has 2 aromatic rings. The van der Waals surface area contributed by atoms with Gasteiger partial charge in [-0.1, -0.05) is 0 Å². The molecule has 74 valence electrons. The normalized spacial score (nSPS) is 10.8. The molecule has 0 unspecified atom stereocenters. The van der Waals surface area contributed by atoms with E-state index in [9.17, 15) is 0 Å². The number of nitrogens with zero attached hydrogens (tertiary/aromatic N) is 3. The van der Waals surface area contributed by atoms with E-state index in [2.05, 4.69) is 26.0 Å². The maximum Gasteiger partial charge on any atom is 0.164 e. The van der Waals surface area contributed by atoms with E-state index in [0.29, 0.717) is 0 Å². The van der Waals surface area contributed by atoms with Crippen molar-refractivity contribution in [2.45, 2.75) is 13.5 Å². The predicted octanol–water partition coefficient (Wildman–Crippen LogP) is 2.22. The number of aromatic nitrogens is 3. The highest BCUT2D eigenvalue weighted by molar-refractivity contribution is 9.10. The van der Waals surface area contributed by atoms with Crippen LogP contribution in [0, 0.1) is 0 Å². The molecule has 0 fully saturated rings. The molecule has 2 heterocycles. The number of ether oxygens (including phenoxy) is 1. The van der Waals surface area contributed by atoms with Crippen molar-refractivity contribution in [2.24, 2.45) is 0 Å². The van der Waals surface area contributed by atoms with Crippen molar-refractivity contribution in [3.05, 3.63) is 16.9 Å². The molecule has 0 spiro atoms. The zero-order chi connectivity index (χ0) is 10.1. The minimum atomic E-state index is 0.738. The van der Waals surface area contributed by atoms with Crippen LogP contribution in [0.2, 0.25) is 0 Å². The first-order valence-electron chi connectivity index (χ1n) is 4.32. The topological polar surface area (TPSA) is 39.9 Å². The lowest BCUT2D eigenvalue weighted by Crippen LogP contribution is -1.93. The van der Waals surface area contributed by atoms with Crippen molar-refractivity contribution >= 4 is 27.0 Å². The van der Waals surface area contributed by atoms with E-state index >= 15 is 0 Å². The molecule has 0 aliphatic carbocycles. The molecular weight excluding hydrogens is 246 g/mol. The summed E-state index contributed by atoms with van der Waals surface area (Å²) in [5.41, 5.74) is 1.65. The number of hydrogen-bond acceptors (Lipinski definition) is 3. The summed E-state index contributed by atoms with van der Waals surface area (Å²) in [6.45, 7) is 2.87. The lowest BCUT2D eigenvalue weighted by molar-refractivity contribution is 0.415. The average molecular weight is 256 g/mol. The number of halogens is 1. The number of hydrogen-bond donors (Lipinski definition) is 0. The monoisotopic (exact) mass is 255 g/mol. The Morgan fingerprint density at radius 1 is 1.57 bits per heavy atom. The van der Waals surface area contributed by atoms with Gasteiger partial charge in [0.1, 0.15) is 5.52 Å². The Balaban J connectivity index is 2.73. The summed E-state index contributed by atoms with van der Waals surface area (Å²) in [6.07, 6.45) is 3.63. The van der Waals surface area contributed by atoms with E-state index in [-0.39, 0.29) is 0 Å².